The number of para-hydroxylation sites is 4. The van der Waals surface area contributed by atoms with Gasteiger partial charge in [0.25, 0.3) is 13.4 Å². The van der Waals surface area contributed by atoms with Crippen LogP contribution in [0.3, 0.4) is 0 Å². The summed E-state index contributed by atoms with van der Waals surface area (Å²) in [7, 11) is 0. The van der Waals surface area contributed by atoms with E-state index in [1.807, 2.05) is 54.6 Å². The van der Waals surface area contributed by atoms with Crippen LogP contribution in [0.15, 0.2) is 103 Å². The molecule has 0 aliphatic carbocycles. The largest absolute Gasteiger partial charge is 0.458 e. The van der Waals surface area contributed by atoms with Gasteiger partial charge in [0.2, 0.25) is 0 Å². The molecule has 0 bridgehead atoms. The molecule has 2 aromatic heterocycles. The molecule has 9 aromatic rings. The monoisotopic (exact) mass is 704 g/mol. The van der Waals surface area contributed by atoms with Gasteiger partial charge in [0.1, 0.15) is 28.6 Å². The highest BCUT2D eigenvalue weighted by Gasteiger charge is 2.52. The number of aromatic nitrogens is 2. The van der Waals surface area contributed by atoms with Gasteiger partial charge in [0.05, 0.1) is 22.4 Å². The fraction of sp³-hybridized carbons (Fsp3) is 0.0233. The lowest BCUT2D eigenvalue weighted by atomic mass is 9.31. The Morgan fingerprint density at radius 1 is 0.426 bits per heavy atom. The van der Waals surface area contributed by atoms with Crippen LogP contribution in [0.4, 0.5) is 13.2 Å². The van der Waals surface area contributed by atoms with Crippen LogP contribution in [0, 0.1) is 0 Å². The van der Waals surface area contributed by atoms with Crippen LogP contribution >= 0.6 is 0 Å². The van der Waals surface area contributed by atoms with E-state index in [-0.39, 0.29) is 11.5 Å². The molecule has 0 unspecified atom stereocenters. The molecule has 250 valence electrons. The van der Waals surface area contributed by atoms with Crippen molar-refractivity contribution in [3.8, 4) is 57.4 Å². The molecule has 6 aliphatic rings. The number of alkyl halides is 3. The van der Waals surface area contributed by atoms with Crippen LogP contribution in [0.25, 0.3) is 55.0 Å². The van der Waals surface area contributed by atoms with Crippen LogP contribution in [0.5, 0.6) is 46.0 Å². The van der Waals surface area contributed by atoms with E-state index in [0.29, 0.717) is 33.9 Å². The minimum absolute atomic E-state index is 0.227. The van der Waals surface area contributed by atoms with E-state index in [2.05, 4.69) is 33.4 Å². The summed E-state index contributed by atoms with van der Waals surface area (Å²) in [5.41, 5.74) is 8.85. The number of ether oxygens (including phenoxy) is 4. The molecular formula is C43H17B2F3N2O4. The molecular weight excluding hydrogens is 687 g/mol. The molecule has 0 saturated heterocycles. The van der Waals surface area contributed by atoms with Crippen molar-refractivity contribution in [1.82, 2.24) is 9.13 Å². The molecule has 8 heterocycles. The number of rotatable bonds is 0. The van der Waals surface area contributed by atoms with E-state index in [4.69, 9.17) is 18.9 Å². The van der Waals surface area contributed by atoms with Crippen LogP contribution in [-0.2, 0) is 6.18 Å². The lowest BCUT2D eigenvalue weighted by Gasteiger charge is -2.39. The van der Waals surface area contributed by atoms with Crippen molar-refractivity contribution < 1.29 is 32.1 Å². The average Bonchev–Trinajstić information content (AvgIpc) is 3.71. The van der Waals surface area contributed by atoms with Crippen LogP contribution in [0.1, 0.15) is 5.56 Å². The van der Waals surface area contributed by atoms with Crippen LogP contribution < -0.4 is 51.7 Å². The first-order chi connectivity index (χ1) is 26.4. The average molecular weight is 704 g/mol. The predicted molar refractivity (Wildman–Crippen MR) is 203 cm³/mol. The van der Waals surface area contributed by atoms with Crippen molar-refractivity contribution in [1.29, 1.82) is 0 Å². The Balaban J connectivity index is 1.10. The van der Waals surface area contributed by atoms with E-state index in [1.165, 1.54) is 0 Å². The minimum atomic E-state index is -4.81. The molecule has 0 saturated carbocycles. The first-order valence-electron chi connectivity index (χ1n) is 17.9. The molecule has 0 fully saturated rings. The summed E-state index contributed by atoms with van der Waals surface area (Å²) in [5, 5.41) is 4.10. The zero-order chi connectivity index (χ0) is 35.1. The summed E-state index contributed by atoms with van der Waals surface area (Å²) in [5.74, 6) is 3.05. The zero-order valence-corrected chi connectivity index (χ0v) is 27.6. The molecule has 15 rings (SSSR count). The lowest BCUT2D eigenvalue weighted by Crippen LogP contribution is -2.63. The van der Waals surface area contributed by atoms with Crippen molar-refractivity contribution in [3.05, 3.63) is 109 Å². The first-order valence-corrected chi connectivity index (χ1v) is 17.9. The molecule has 0 amide bonds. The fourth-order valence-electron chi connectivity index (χ4n) is 10.8. The molecule has 0 N–H and O–H groups in total. The Labute approximate surface area is 302 Å². The SMILES string of the molecule is FC(F)(F)c1c2c(cc3c1Oc1ccc4c5c1B3c1cccc3c6cccc(c6n-5c13)O4)B1c3c(ccc4c3-n3c5c(cccc5c5cccc1c53)O4)O2. The molecule has 0 spiro atoms. The quantitative estimate of drug-likeness (QED) is 0.160. The van der Waals surface area contributed by atoms with E-state index in [9.17, 15) is 0 Å². The van der Waals surface area contributed by atoms with Crippen molar-refractivity contribution in [3.63, 3.8) is 0 Å². The second kappa shape index (κ2) is 8.24. The Morgan fingerprint density at radius 3 is 1.31 bits per heavy atom. The van der Waals surface area contributed by atoms with E-state index in [0.717, 1.165) is 88.3 Å². The number of fused-ring (bicyclic) bond motifs is 8. The Hall–Kier alpha value is -6.74. The summed E-state index contributed by atoms with van der Waals surface area (Å²) >= 11 is 0. The third-order valence-corrected chi connectivity index (χ3v) is 12.6. The second-order valence-corrected chi connectivity index (χ2v) is 15.0. The molecule has 0 radical (unpaired) electrons. The predicted octanol–water partition coefficient (Wildman–Crippen LogP) is 6.98. The van der Waals surface area contributed by atoms with Gasteiger partial charge in [-0.15, -0.1) is 0 Å². The molecule has 11 heteroatoms. The van der Waals surface area contributed by atoms with Gasteiger partial charge in [-0.05, 0) is 58.2 Å². The van der Waals surface area contributed by atoms with Crippen molar-refractivity contribution in [2.45, 2.75) is 6.18 Å². The lowest BCUT2D eigenvalue weighted by molar-refractivity contribution is -0.139. The van der Waals surface area contributed by atoms with Crippen molar-refractivity contribution in [2.24, 2.45) is 0 Å². The van der Waals surface area contributed by atoms with Gasteiger partial charge >= 0.3 is 6.18 Å². The molecule has 6 nitrogen and oxygen atoms in total. The Bertz CT molecular complexity index is 3200. The highest BCUT2D eigenvalue weighted by atomic mass is 19.4. The third-order valence-electron chi connectivity index (χ3n) is 12.6. The maximum Gasteiger partial charge on any atom is 0.423 e. The van der Waals surface area contributed by atoms with Crippen molar-refractivity contribution >= 4 is 89.8 Å². The number of nitrogens with zero attached hydrogens (tertiary/aromatic N) is 2. The summed E-state index contributed by atoms with van der Waals surface area (Å²) in [4.78, 5) is 0. The standard InChI is InChI=1S/C43H17B2F3N2O4/c46-43(47,48)32-41-24(44-22-9-1-5-18-20-7-3-11-28-37(20)49(35(18)22)39-30(51-28)15-13-26(53-41)33(39)44)17-25-42(32)54-27-14-16-31-40-34(27)45(25)23-10-2-6-19-21-8-4-12-29(52-31)38(21)50(40)36(19)23/h1-17H. The van der Waals surface area contributed by atoms with Crippen LogP contribution in [0.2, 0.25) is 0 Å². The molecule has 6 aliphatic heterocycles. The normalized spacial score (nSPS) is 15.1. The van der Waals surface area contributed by atoms with Gasteiger partial charge < -0.3 is 28.1 Å². The van der Waals surface area contributed by atoms with Gasteiger partial charge in [-0.3, -0.25) is 0 Å². The highest BCUT2D eigenvalue weighted by Crippen LogP contribution is 2.53. The highest BCUT2D eigenvalue weighted by molar-refractivity contribution is 7.02. The Morgan fingerprint density at radius 2 is 0.852 bits per heavy atom. The van der Waals surface area contributed by atoms with Crippen LogP contribution in [-0.4, -0.2) is 22.6 Å². The summed E-state index contributed by atoms with van der Waals surface area (Å²) in [6.07, 6.45) is -4.81. The van der Waals surface area contributed by atoms with Gasteiger partial charge in [0, 0.05) is 43.5 Å². The van der Waals surface area contributed by atoms with Gasteiger partial charge in [-0.1, -0.05) is 66.7 Å². The maximum absolute atomic E-state index is 15.9. The zero-order valence-electron chi connectivity index (χ0n) is 27.6. The van der Waals surface area contributed by atoms with Gasteiger partial charge in [-0.25, -0.2) is 0 Å². The minimum Gasteiger partial charge on any atom is -0.458 e. The molecule has 54 heavy (non-hydrogen) atoms. The number of hydrogen-bond donors (Lipinski definition) is 0. The summed E-state index contributed by atoms with van der Waals surface area (Å²) in [6, 6.07) is 33.3. The molecule has 7 aromatic carbocycles. The smallest absolute Gasteiger partial charge is 0.423 e. The topological polar surface area (TPSA) is 46.8 Å². The number of benzene rings is 7. The van der Waals surface area contributed by atoms with E-state index in [1.54, 1.807) is 24.3 Å². The number of halogens is 3. The first kappa shape index (κ1) is 26.9. The third kappa shape index (κ3) is 2.70. The van der Waals surface area contributed by atoms with E-state index < -0.39 is 25.2 Å². The maximum atomic E-state index is 15.9. The number of hydrogen-bond acceptors (Lipinski definition) is 4. The summed E-state index contributed by atoms with van der Waals surface area (Å²) in [6.45, 7) is -1.14. The van der Waals surface area contributed by atoms with Gasteiger partial charge in [0.15, 0.2) is 23.0 Å². The second-order valence-electron chi connectivity index (χ2n) is 15.0. The van der Waals surface area contributed by atoms with E-state index >= 15 is 13.2 Å². The van der Waals surface area contributed by atoms with Crippen molar-refractivity contribution in [2.75, 3.05) is 0 Å². The fourth-order valence-corrected chi connectivity index (χ4v) is 10.8. The Kier molecular flexibility index (Phi) is 4.11. The molecule has 0 atom stereocenters. The van der Waals surface area contributed by atoms with Gasteiger partial charge in [-0.2, -0.15) is 13.2 Å². The summed E-state index contributed by atoms with van der Waals surface area (Å²) < 4.78 is 78.3.